The number of carbonyl (C=O) groups is 1. The molecule has 174 valence electrons. The second-order valence-electron chi connectivity index (χ2n) is 11.6. The number of imidazole rings is 1. The number of benzene rings is 1. The number of esters is 1. The molecule has 2 aliphatic rings. The van der Waals surface area contributed by atoms with Gasteiger partial charge in [-0.3, -0.25) is 13.9 Å². The molecule has 1 saturated carbocycles. The highest BCUT2D eigenvalue weighted by Crippen LogP contribution is 2.44. The van der Waals surface area contributed by atoms with E-state index in [9.17, 15) is 9.59 Å². The zero-order chi connectivity index (χ0) is 23.9. The Bertz CT molecular complexity index is 1130. The molecule has 32 heavy (non-hydrogen) atoms. The van der Waals surface area contributed by atoms with Crippen LogP contribution in [0.3, 0.4) is 0 Å². The second-order valence-corrected chi connectivity index (χ2v) is 11.6. The third kappa shape index (κ3) is 3.81. The highest BCUT2D eigenvalue weighted by atomic mass is 16.7. The van der Waals surface area contributed by atoms with Gasteiger partial charge in [-0.1, -0.05) is 6.07 Å². The van der Waals surface area contributed by atoms with Crippen LogP contribution in [-0.4, -0.2) is 39.0 Å². The smallest absolute Gasteiger partial charge is 0.460 e. The molecule has 7 nitrogen and oxygen atoms in total. The van der Waals surface area contributed by atoms with E-state index in [1.165, 1.54) is 0 Å². The topological polar surface area (TPSA) is 71.7 Å². The maximum absolute atomic E-state index is 13.2. The maximum Gasteiger partial charge on any atom is 0.494 e. The molecule has 0 spiro atoms. The largest absolute Gasteiger partial charge is 0.494 e. The third-order valence-electron chi connectivity index (χ3n) is 7.04. The summed E-state index contributed by atoms with van der Waals surface area (Å²) in [6, 6.07) is 3.91. The van der Waals surface area contributed by atoms with Crippen LogP contribution in [0.1, 0.15) is 73.8 Å². The van der Waals surface area contributed by atoms with Gasteiger partial charge in [0.2, 0.25) is 0 Å². The summed E-state index contributed by atoms with van der Waals surface area (Å²) in [5.41, 5.74) is 1.28. The minimum atomic E-state index is -0.586. The molecule has 4 rings (SSSR count). The van der Waals surface area contributed by atoms with Crippen LogP contribution >= 0.6 is 0 Å². The van der Waals surface area contributed by atoms with Gasteiger partial charge in [-0.05, 0) is 85.3 Å². The summed E-state index contributed by atoms with van der Waals surface area (Å²) in [7, 11) is 1.18. The quantitative estimate of drug-likeness (QED) is 0.538. The van der Waals surface area contributed by atoms with Gasteiger partial charge >= 0.3 is 18.8 Å². The number of rotatable bonds is 4. The van der Waals surface area contributed by atoms with Crippen LogP contribution in [0.2, 0.25) is 0 Å². The molecule has 0 radical (unpaired) electrons. The Balaban J connectivity index is 1.87. The third-order valence-corrected chi connectivity index (χ3v) is 7.04. The molecule has 1 aromatic heterocycles. The van der Waals surface area contributed by atoms with E-state index in [-0.39, 0.29) is 23.6 Å². The summed E-state index contributed by atoms with van der Waals surface area (Å²) in [5.74, 6) is -0.331. The van der Waals surface area contributed by atoms with E-state index in [0.717, 1.165) is 34.9 Å². The number of nitrogens with zero attached hydrogens (tertiary/aromatic N) is 2. The Hall–Kier alpha value is -2.06. The lowest BCUT2D eigenvalue weighted by Crippen LogP contribution is -2.41. The van der Waals surface area contributed by atoms with Gasteiger partial charge in [0.1, 0.15) is 5.60 Å². The number of ether oxygens (including phenoxy) is 1. The van der Waals surface area contributed by atoms with E-state index in [1.54, 1.807) is 11.6 Å². The van der Waals surface area contributed by atoms with Gasteiger partial charge in [-0.25, -0.2) is 4.79 Å². The first-order valence-corrected chi connectivity index (χ1v) is 11.4. The molecule has 2 heterocycles. The molecule has 1 aromatic carbocycles. The fourth-order valence-electron chi connectivity index (χ4n) is 4.32. The molecule has 0 bridgehead atoms. The van der Waals surface area contributed by atoms with E-state index in [0.29, 0.717) is 0 Å². The van der Waals surface area contributed by atoms with Crippen molar-refractivity contribution in [2.45, 2.75) is 97.0 Å². The van der Waals surface area contributed by atoms with Crippen LogP contribution < -0.4 is 11.2 Å². The van der Waals surface area contributed by atoms with Crippen LogP contribution in [0, 0.1) is 0 Å². The first-order valence-electron chi connectivity index (χ1n) is 11.4. The molecule has 0 unspecified atom stereocenters. The van der Waals surface area contributed by atoms with Crippen LogP contribution in [0.15, 0.2) is 16.9 Å². The Morgan fingerprint density at radius 3 is 2.16 bits per heavy atom. The average molecular weight is 442 g/mol. The number of aryl methyl sites for hydroxylation is 1. The summed E-state index contributed by atoms with van der Waals surface area (Å²) in [6.07, 6.45) is 1.97. The number of aromatic nitrogens is 2. The number of fused-ring (bicyclic) bond motifs is 1. The molecule has 2 fully saturated rings. The van der Waals surface area contributed by atoms with Crippen LogP contribution in [0.25, 0.3) is 11.0 Å². The predicted molar refractivity (Wildman–Crippen MR) is 125 cm³/mol. The van der Waals surface area contributed by atoms with Gasteiger partial charge in [-0.2, -0.15) is 0 Å². The van der Waals surface area contributed by atoms with Gasteiger partial charge in [-0.15, -0.1) is 0 Å². The monoisotopic (exact) mass is 442 g/mol. The van der Waals surface area contributed by atoms with Crippen LogP contribution in [0.4, 0.5) is 0 Å². The van der Waals surface area contributed by atoms with E-state index >= 15 is 0 Å². The minimum Gasteiger partial charge on any atom is -0.460 e. The molecular weight excluding hydrogens is 407 g/mol. The summed E-state index contributed by atoms with van der Waals surface area (Å²) < 4.78 is 21.7. The second kappa shape index (κ2) is 6.97. The Kier molecular flexibility index (Phi) is 5.04. The number of carbonyl (C=O) groups excluding carboxylic acids is 1. The lowest BCUT2D eigenvalue weighted by Gasteiger charge is -2.32. The fraction of sp³-hybridized carbons (Fsp3) is 0.667. The van der Waals surface area contributed by atoms with Crippen molar-refractivity contribution < 1.29 is 18.8 Å². The van der Waals surface area contributed by atoms with Crippen molar-refractivity contribution in [3.05, 3.63) is 28.2 Å². The van der Waals surface area contributed by atoms with Gasteiger partial charge < -0.3 is 14.0 Å². The summed E-state index contributed by atoms with van der Waals surface area (Å²) in [6.45, 7) is 15.7. The normalized spacial score (nSPS) is 21.2. The number of hydrogen-bond donors (Lipinski definition) is 0. The van der Waals surface area contributed by atoms with Crippen molar-refractivity contribution in [1.82, 2.24) is 9.13 Å². The Morgan fingerprint density at radius 2 is 1.66 bits per heavy atom. The standard InChI is InChI=1S/C24H35BN2O5/c1-21(2,3)30-18(28)13-15-12-16(25-31-22(4,5)23(6,7)32-25)14-17-19(15)26(9)20(29)27(17)24(8)10-11-24/h12,14H,10-11,13H2,1-9H3. The van der Waals surface area contributed by atoms with Gasteiger partial charge in [0.15, 0.2) is 0 Å². The molecule has 8 heteroatoms. The summed E-state index contributed by atoms with van der Waals surface area (Å²) in [4.78, 5) is 26.0. The molecule has 2 aromatic rings. The SMILES string of the molecule is Cn1c(=O)n(C2(C)CC2)c2cc(B3OC(C)(C)C(C)(C)O3)cc(CC(=O)OC(C)(C)C)c21. The van der Waals surface area contributed by atoms with Crippen LogP contribution in [-0.2, 0) is 37.8 Å². The average Bonchev–Trinajstić information content (AvgIpc) is 3.23. The molecular formula is C24H35BN2O5. The predicted octanol–water partition coefficient (Wildman–Crippen LogP) is 3.03. The summed E-state index contributed by atoms with van der Waals surface area (Å²) >= 11 is 0. The van der Waals surface area contributed by atoms with Crippen LogP contribution in [0.5, 0.6) is 0 Å². The van der Waals surface area contributed by atoms with Crippen molar-refractivity contribution >= 4 is 29.6 Å². The van der Waals surface area contributed by atoms with Crippen molar-refractivity contribution in [3.8, 4) is 0 Å². The lowest BCUT2D eigenvalue weighted by molar-refractivity contribution is -0.153. The molecule has 0 atom stereocenters. The van der Waals surface area contributed by atoms with Crippen molar-refractivity contribution in [2.24, 2.45) is 7.05 Å². The first kappa shape index (κ1) is 23.1. The molecule has 1 saturated heterocycles. The minimum absolute atomic E-state index is 0.0646. The maximum atomic E-state index is 13.2. The molecule has 0 N–H and O–H groups in total. The highest BCUT2D eigenvalue weighted by Gasteiger charge is 2.52. The van der Waals surface area contributed by atoms with E-state index in [1.807, 2.05) is 65.2 Å². The Morgan fingerprint density at radius 1 is 1.09 bits per heavy atom. The molecule has 0 amide bonds. The Labute approximate surface area is 190 Å². The zero-order valence-corrected chi connectivity index (χ0v) is 20.8. The molecule has 1 aliphatic heterocycles. The van der Waals surface area contributed by atoms with Gasteiger partial charge in [0, 0.05) is 12.6 Å². The van der Waals surface area contributed by atoms with E-state index in [4.69, 9.17) is 14.0 Å². The van der Waals surface area contributed by atoms with Gasteiger partial charge in [0.25, 0.3) is 0 Å². The van der Waals surface area contributed by atoms with Crippen molar-refractivity contribution in [3.63, 3.8) is 0 Å². The fourth-order valence-corrected chi connectivity index (χ4v) is 4.32. The van der Waals surface area contributed by atoms with E-state index < -0.39 is 23.9 Å². The highest BCUT2D eigenvalue weighted by molar-refractivity contribution is 6.62. The van der Waals surface area contributed by atoms with Gasteiger partial charge in [0.05, 0.1) is 28.7 Å². The zero-order valence-electron chi connectivity index (χ0n) is 20.8. The van der Waals surface area contributed by atoms with E-state index in [2.05, 4.69) is 6.92 Å². The van der Waals surface area contributed by atoms with Crippen molar-refractivity contribution in [2.75, 3.05) is 0 Å². The number of hydrogen-bond acceptors (Lipinski definition) is 5. The lowest BCUT2D eigenvalue weighted by atomic mass is 9.77. The summed E-state index contributed by atoms with van der Waals surface area (Å²) in [5, 5.41) is 0. The van der Waals surface area contributed by atoms with Crippen molar-refractivity contribution in [1.29, 1.82) is 0 Å². The molecule has 1 aliphatic carbocycles. The first-order chi connectivity index (χ1) is 14.5.